The van der Waals surface area contributed by atoms with Crippen molar-refractivity contribution < 1.29 is 0 Å². The summed E-state index contributed by atoms with van der Waals surface area (Å²) >= 11 is 0. The summed E-state index contributed by atoms with van der Waals surface area (Å²) in [6.45, 7) is 5.79. The second-order valence-electron chi connectivity index (χ2n) is 2.70. The molecule has 1 N–H and O–H groups in total. The van der Waals surface area contributed by atoms with Gasteiger partial charge < -0.3 is 5.32 Å². The van der Waals surface area contributed by atoms with Gasteiger partial charge in [-0.25, -0.2) is 0 Å². The first-order valence-electron chi connectivity index (χ1n) is 3.58. The van der Waals surface area contributed by atoms with Crippen LogP contribution < -0.4 is 5.32 Å². The van der Waals surface area contributed by atoms with Crippen molar-refractivity contribution in [3.63, 3.8) is 0 Å². The lowest BCUT2D eigenvalue weighted by Crippen LogP contribution is -2.22. The van der Waals surface area contributed by atoms with Gasteiger partial charge in [0.15, 0.2) is 0 Å². The van der Waals surface area contributed by atoms with Crippen molar-refractivity contribution in [3.8, 4) is 0 Å². The zero-order valence-electron chi connectivity index (χ0n) is 5.78. The molecule has 0 saturated carbocycles. The van der Waals surface area contributed by atoms with Crippen molar-refractivity contribution in [2.45, 2.75) is 32.7 Å². The molecule has 1 heteroatoms. The fraction of sp³-hybridized carbons (Fsp3) is 1.00. The van der Waals surface area contributed by atoms with Crippen molar-refractivity contribution in [2.75, 3.05) is 6.54 Å². The van der Waals surface area contributed by atoms with Crippen molar-refractivity contribution in [1.82, 2.24) is 5.32 Å². The first-order valence-corrected chi connectivity index (χ1v) is 3.58. The lowest BCUT2D eigenvalue weighted by atomic mass is 10.00. The van der Waals surface area contributed by atoms with Crippen LogP contribution in [0.15, 0.2) is 0 Å². The molecule has 1 rings (SSSR count). The monoisotopic (exact) mass is 113 g/mol. The molecule has 0 aromatic rings. The molecule has 0 bridgehead atoms. The maximum Gasteiger partial charge on any atom is 0.00673 e. The van der Waals surface area contributed by atoms with Crippen LogP contribution in [0.5, 0.6) is 0 Å². The molecular formula is C7H15N. The van der Waals surface area contributed by atoms with E-state index in [1.54, 1.807) is 0 Å². The predicted octanol–water partition coefficient (Wildman–Crippen LogP) is 1.39. The van der Waals surface area contributed by atoms with Crippen molar-refractivity contribution >= 4 is 0 Å². The van der Waals surface area contributed by atoms with Gasteiger partial charge in [0, 0.05) is 6.04 Å². The molecule has 2 atom stereocenters. The third-order valence-corrected chi connectivity index (χ3v) is 2.21. The van der Waals surface area contributed by atoms with Crippen LogP contribution in [0.1, 0.15) is 26.7 Å². The zero-order chi connectivity index (χ0) is 5.98. The maximum absolute atomic E-state index is 3.42. The fourth-order valence-electron chi connectivity index (χ4n) is 1.47. The van der Waals surface area contributed by atoms with Crippen LogP contribution >= 0.6 is 0 Å². The molecule has 0 spiro atoms. The van der Waals surface area contributed by atoms with Crippen molar-refractivity contribution in [2.24, 2.45) is 5.92 Å². The zero-order valence-corrected chi connectivity index (χ0v) is 5.78. The Morgan fingerprint density at radius 1 is 1.62 bits per heavy atom. The molecule has 0 aliphatic carbocycles. The van der Waals surface area contributed by atoms with E-state index < -0.39 is 0 Å². The van der Waals surface area contributed by atoms with E-state index in [-0.39, 0.29) is 0 Å². The topological polar surface area (TPSA) is 12.0 Å². The normalized spacial score (nSPS) is 38.2. The number of hydrogen-bond donors (Lipinski definition) is 1. The maximum atomic E-state index is 3.42. The summed E-state index contributed by atoms with van der Waals surface area (Å²) in [5.74, 6) is 0.954. The highest BCUT2D eigenvalue weighted by Crippen LogP contribution is 2.17. The smallest absolute Gasteiger partial charge is 0.00673 e. The minimum Gasteiger partial charge on any atom is -0.314 e. The molecule has 48 valence electrons. The summed E-state index contributed by atoms with van der Waals surface area (Å²) in [5.41, 5.74) is 0. The fourth-order valence-corrected chi connectivity index (χ4v) is 1.47. The predicted molar refractivity (Wildman–Crippen MR) is 35.9 cm³/mol. The summed E-state index contributed by atoms with van der Waals surface area (Å²) in [6, 6.07) is 0.778. The first-order chi connectivity index (χ1) is 3.84. The summed E-state index contributed by atoms with van der Waals surface area (Å²) in [4.78, 5) is 0. The highest BCUT2D eigenvalue weighted by atomic mass is 14.9. The highest BCUT2D eigenvalue weighted by molar-refractivity contribution is 4.78. The summed E-state index contributed by atoms with van der Waals surface area (Å²) in [7, 11) is 0. The first kappa shape index (κ1) is 6.09. The molecular weight excluding hydrogens is 98.1 g/mol. The van der Waals surface area contributed by atoms with E-state index in [2.05, 4.69) is 19.2 Å². The van der Waals surface area contributed by atoms with E-state index in [4.69, 9.17) is 0 Å². The SMILES string of the molecule is CC[C@@H]1CCN[C@@H]1C. The Kier molecular flexibility index (Phi) is 1.90. The Balaban J connectivity index is 2.30. The number of hydrogen-bond acceptors (Lipinski definition) is 1. The molecule has 0 aromatic heterocycles. The average molecular weight is 113 g/mol. The average Bonchev–Trinajstić information content (AvgIpc) is 2.14. The standard InChI is InChI=1S/C7H15N/c1-3-7-4-5-8-6(7)2/h6-8H,3-5H2,1-2H3/t6-,7-/m1/s1. The Hall–Kier alpha value is -0.0400. The molecule has 1 aliphatic heterocycles. The van der Waals surface area contributed by atoms with E-state index in [0.717, 1.165) is 12.0 Å². The van der Waals surface area contributed by atoms with Gasteiger partial charge in [0.25, 0.3) is 0 Å². The van der Waals surface area contributed by atoms with Crippen LogP contribution in [0.2, 0.25) is 0 Å². The molecule has 0 radical (unpaired) electrons. The molecule has 1 nitrogen and oxygen atoms in total. The van der Waals surface area contributed by atoms with Gasteiger partial charge >= 0.3 is 0 Å². The summed E-state index contributed by atoms with van der Waals surface area (Å²) in [6.07, 6.45) is 2.73. The number of rotatable bonds is 1. The quantitative estimate of drug-likeness (QED) is 0.542. The summed E-state index contributed by atoms with van der Waals surface area (Å²) < 4.78 is 0. The van der Waals surface area contributed by atoms with Gasteiger partial charge in [-0.2, -0.15) is 0 Å². The molecule has 8 heavy (non-hydrogen) atoms. The Labute approximate surface area is 51.5 Å². The Morgan fingerprint density at radius 2 is 2.38 bits per heavy atom. The Bertz CT molecular complexity index is 70.8. The summed E-state index contributed by atoms with van der Waals surface area (Å²) in [5, 5.41) is 3.42. The van der Waals surface area contributed by atoms with Crippen LogP contribution in [-0.2, 0) is 0 Å². The third-order valence-electron chi connectivity index (χ3n) is 2.21. The molecule has 0 unspecified atom stereocenters. The van der Waals surface area contributed by atoms with E-state index in [1.807, 2.05) is 0 Å². The Morgan fingerprint density at radius 3 is 2.62 bits per heavy atom. The van der Waals surface area contributed by atoms with Gasteiger partial charge in [-0.05, 0) is 25.8 Å². The van der Waals surface area contributed by atoms with Gasteiger partial charge in [-0.3, -0.25) is 0 Å². The van der Waals surface area contributed by atoms with Crippen LogP contribution in [0.4, 0.5) is 0 Å². The second kappa shape index (κ2) is 2.49. The van der Waals surface area contributed by atoms with Crippen molar-refractivity contribution in [3.05, 3.63) is 0 Å². The van der Waals surface area contributed by atoms with Gasteiger partial charge in [0.2, 0.25) is 0 Å². The van der Waals surface area contributed by atoms with Gasteiger partial charge in [0.1, 0.15) is 0 Å². The van der Waals surface area contributed by atoms with Gasteiger partial charge in [-0.15, -0.1) is 0 Å². The largest absolute Gasteiger partial charge is 0.314 e. The van der Waals surface area contributed by atoms with E-state index in [9.17, 15) is 0 Å². The van der Waals surface area contributed by atoms with Crippen LogP contribution in [-0.4, -0.2) is 12.6 Å². The highest BCUT2D eigenvalue weighted by Gasteiger charge is 2.19. The molecule has 1 fully saturated rings. The minimum atomic E-state index is 0.778. The number of nitrogens with one attached hydrogen (secondary N) is 1. The minimum absolute atomic E-state index is 0.778. The van der Waals surface area contributed by atoms with Gasteiger partial charge in [-0.1, -0.05) is 13.3 Å². The lowest BCUT2D eigenvalue weighted by Gasteiger charge is -2.10. The third kappa shape index (κ3) is 1.03. The van der Waals surface area contributed by atoms with Crippen LogP contribution in [0, 0.1) is 5.92 Å². The second-order valence-corrected chi connectivity index (χ2v) is 2.70. The van der Waals surface area contributed by atoms with Crippen molar-refractivity contribution in [1.29, 1.82) is 0 Å². The van der Waals surface area contributed by atoms with E-state index in [0.29, 0.717) is 0 Å². The van der Waals surface area contributed by atoms with Gasteiger partial charge in [0.05, 0.1) is 0 Å². The van der Waals surface area contributed by atoms with Crippen LogP contribution in [0.25, 0.3) is 0 Å². The molecule has 1 heterocycles. The molecule has 0 aromatic carbocycles. The molecule has 1 saturated heterocycles. The molecule has 0 amide bonds. The molecule has 1 aliphatic rings. The lowest BCUT2D eigenvalue weighted by molar-refractivity contribution is 0.463. The van der Waals surface area contributed by atoms with E-state index >= 15 is 0 Å². The van der Waals surface area contributed by atoms with E-state index in [1.165, 1.54) is 19.4 Å². The van der Waals surface area contributed by atoms with Crippen LogP contribution in [0.3, 0.4) is 0 Å².